The van der Waals surface area contributed by atoms with Gasteiger partial charge >= 0.3 is 0 Å². The molecule has 0 fully saturated rings. The molecule has 4 heteroatoms. The number of benzene rings is 1. The van der Waals surface area contributed by atoms with Gasteiger partial charge in [0.2, 0.25) is 0 Å². The molecule has 1 aromatic rings. The molecule has 0 aromatic heterocycles. The maximum Gasteiger partial charge on any atom is 0.251 e. The van der Waals surface area contributed by atoms with Crippen molar-refractivity contribution in [2.75, 3.05) is 13.1 Å². The smallest absolute Gasteiger partial charge is 0.251 e. The van der Waals surface area contributed by atoms with Crippen molar-refractivity contribution in [1.29, 1.82) is 0 Å². The quantitative estimate of drug-likeness (QED) is 0.752. The van der Waals surface area contributed by atoms with Gasteiger partial charge in [-0.1, -0.05) is 6.07 Å². The molecule has 0 bridgehead atoms. The Morgan fingerprint density at radius 2 is 2.20 bits per heavy atom. The Bertz CT molecular complexity index is 377. The molecule has 0 spiro atoms. The fraction of sp³-hybridized carbons (Fsp3) is 0.364. The molecule has 0 saturated heterocycles. The first-order valence-corrected chi connectivity index (χ1v) is 4.99. The van der Waals surface area contributed by atoms with Crippen LogP contribution < -0.4 is 11.1 Å². The lowest BCUT2D eigenvalue weighted by Crippen LogP contribution is -2.29. The van der Waals surface area contributed by atoms with Crippen molar-refractivity contribution in [3.63, 3.8) is 0 Å². The number of carbonyl (C=O) groups excluding carboxylic acids is 1. The fourth-order valence-electron chi connectivity index (χ4n) is 1.60. The molecule has 0 radical (unpaired) electrons. The van der Waals surface area contributed by atoms with Gasteiger partial charge in [0, 0.05) is 18.7 Å². The monoisotopic (exact) mass is 206 g/mol. The lowest BCUT2D eigenvalue weighted by molar-refractivity contribution is 0.0954. The third-order valence-electron chi connectivity index (χ3n) is 2.41. The highest BCUT2D eigenvalue weighted by Crippen LogP contribution is 2.20. The molecule has 0 aliphatic carbocycles. The van der Waals surface area contributed by atoms with E-state index in [4.69, 9.17) is 10.5 Å². The zero-order chi connectivity index (χ0) is 10.7. The number of hydrogen-bond donors (Lipinski definition) is 2. The number of nitrogens with two attached hydrogens (primary N) is 1. The van der Waals surface area contributed by atoms with Crippen molar-refractivity contribution in [3.05, 3.63) is 34.9 Å². The van der Waals surface area contributed by atoms with E-state index in [1.807, 2.05) is 18.2 Å². The van der Waals surface area contributed by atoms with Gasteiger partial charge in [0.1, 0.15) is 0 Å². The van der Waals surface area contributed by atoms with Crippen LogP contribution in [0.2, 0.25) is 0 Å². The normalized spacial score (nSPS) is 13.7. The predicted molar refractivity (Wildman–Crippen MR) is 56.3 cm³/mol. The zero-order valence-corrected chi connectivity index (χ0v) is 8.45. The molecule has 80 valence electrons. The Balaban J connectivity index is 2.12. The minimum absolute atomic E-state index is 0.0739. The van der Waals surface area contributed by atoms with Gasteiger partial charge in [0.25, 0.3) is 5.91 Å². The standard InChI is InChI=1S/C11H14N2O2/c12-3-4-13-11(14)8-1-2-9-6-15-7-10(9)5-8/h1-2,5H,3-4,6-7,12H2,(H,13,14). The van der Waals surface area contributed by atoms with E-state index in [0.29, 0.717) is 31.9 Å². The first-order chi connectivity index (χ1) is 7.31. The van der Waals surface area contributed by atoms with Crippen LogP contribution in [0.25, 0.3) is 0 Å². The summed E-state index contributed by atoms with van der Waals surface area (Å²) in [5, 5.41) is 2.74. The number of amides is 1. The van der Waals surface area contributed by atoms with Crippen LogP contribution in [0, 0.1) is 0 Å². The Morgan fingerprint density at radius 3 is 3.00 bits per heavy atom. The summed E-state index contributed by atoms with van der Waals surface area (Å²) in [5.41, 5.74) is 8.26. The molecule has 3 N–H and O–H groups in total. The predicted octanol–water partition coefficient (Wildman–Crippen LogP) is 0.405. The highest BCUT2D eigenvalue weighted by Gasteiger charge is 2.13. The van der Waals surface area contributed by atoms with Crippen molar-refractivity contribution in [2.45, 2.75) is 13.2 Å². The van der Waals surface area contributed by atoms with Crippen LogP contribution in [0.3, 0.4) is 0 Å². The van der Waals surface area contributed by atoms with Crippen molar-refractivity contribution in [2.24, 2.45) is 5.73 Å². The molecule has 1 heterocycles. The highest BCUT2D eigenvalue weighted by atomic mass is 16.5. The Kier molecular flexibility index (Phi) is 2.99. The Labute approximate surface area is 88.4 Å². The molecule has 1 aromatic carbocycles. The zero-order valence-electron chi connectivity index (χ0n) is 8.45. The summed E-state index contributed by atoms with van der Waals surface area (Å²) in [4.78, 5) is 11.6. The number of ether oxygens (including phenoxy) is 1. The van der Waals surface area contributed by atoms with Crippen LogP contribution in [-0.4, -0.2) is 19.0 Å². The van der Waals surface area contributed by atoms with Crippen molar-refractivity contribution in [3.8, 4) is 0 Å². The number of carbonyl (C=O) groups is 1. The largest absolute Gasteiger partial charge is 0.372 e. The third-order valence-corrected chi connectivity index (χ3v) is 2.41. The molecule has 0 saturated carbocycles. The highest BCUT2D eigenvalue weighted by molar-refractivity contribution is 5.94. The molecule has 0 unspecified atom stereocenters. The van der Waals surface area contributed by atoms with Gasteiger partial charge in [0.05, 0.1) is 13.2 Å². The van der Waals surface area contributed by atoms with E-state index in [1.54, 1.807) is 0 Å². The van der Waals surface area contributed by atoms with Gasteiger partial charge in [0.15, 0.2) is 0 Å². The summed E-state index contributed by atoms with van der Waals surface area (Å²) < 4.78 is 5.28. The molecule has 15 heavy (non-hydrogen) atoms. The van der Waals surface area contributed by atoms with E-state index < -0.39 is 0 Å². The molecule has 1 amide bonds. The SMILES string of the molecule is NCCNC(=O)c1ccc2c(c1)COC2. The number of fused-ring (bicyclic) bond motifs is 1. The van der Waals surface area contributed by atoms with E-state index in [0.717, 1.165) is 5.56 Å². The van der Waals surface area contributed by atoms with Gasteiger partial charge in [-0.2, -0.15) is 0 Å². The first-order valence-electron chi connectivity index (χ1n) is 4.99. The second-order valence-corrected chi connectivity index (χ2v) is 3.52. The summed E-state index contributed by atoms with van der Waals surface area (Å²) in [7, 11) is 0. The summed E-state index contributed by atoms with van der Waals surface area (Å²) in [6.45, 7) is 2.22. The second kappa shape index (κ2) is 4.42. The summed E-state index contributed by atoms with van der Waals surface area (Å²) in [6, 6.07) is 5.65. The fourth-order valence-corrected chi connectivity index (χ4v) is 1.60. The first kappa shape index (κ1) is 10.1. The van der Waals surface area contributed by atoms with Gasteiger partial charge in [-0.25, -0.2) is 0 Å². The molecule has 0 atom stereocenters. The van der Waals surface area contributed by atoms with Crippen molar-refractivity contribution < 1.29 is 9.53 Å². The van der Waals surface area contributed by atoms with Crippen LogP contribution >= 0.6 is 0 Å². The molecule has 2 rings (SSSR count). The number of hydrogen-bond acceptors (Lipinski definition) is 3. The summed E-state index contributed by atoms with van der Waals surface area (Å²) >= 11 is 0. The second-order valence-electron chi connectivity index (χ2n) is 3.52. The average molecular weight is 206 g/mol. The van der Waals surface area contributed by atoms with Gasteiger partial charge < -0.3 is 15.8 Å². The van der Waals surface area contributed by atoms with Crippen molar-refractivity contribution in [1.82, 2.24) is 5.32 Å². The van der Waals surface area contributed by atoms with Gasteiger partial charge in [-0.3, -0.25) is 4.79 Å². The maximum atomic E-state index is 11.6. The molecule has 1 aliphatic rings. The van der Waals surface area contributed by atoms with E-state index >= 15 is 0 Å². The molecular formula is C11H14N2O2. The van der Waals surface area contributed by atoms with E-state index in [-0.39, 0.29) is 5.91 Å². The third kappa shape index (κ3) is 2.16. The van der Waals surface area contributed by atoms with Crippen LogP contribution in [0.5, 0.6) is 0 Å². The Morgan fingerprint density at radius 1 is 1.40 bits per heavy atom. The molecule has 1 aliphatic heterocycles. The van der Waals surface area contributed by atoms with Crippen LogP contribution in [0.15, 0.2) is 18.2 Å². The maximum absolute atomic E-state index is 11.6. The van der Waals surface area contributed by atoms with Crippen LogP contribution in [0.1, 0.15) is 21.5 Å². The van der Waals surface area contributed by atoms with Gasteiger partial charge in [-0.15, -0.1) is 0 Å². The van der Waals surface area contributed by atoms with Gasteiger partial charge in [-0.05, 0) is 23.3 Å². The minimum Gasteiger partial charge on any atom is -0.372 e. The topological polar surface area (TPSA) is 64.3 Å². The Hall–Kier alpha value is -1.39. The number of nitrogens with one attached hydrogen (secondary N) is 1. The molecule has 4 nitrogen and oxygen atoms in total. The lowest BCUT2D eigenvalue weighted by atomic mass is 10.1. The van der Waals surface area contributed by atoms with E-state index in [1.165, 1.54) is 5.56 Å². The lowest BCUT2D eigenvalue weighted by Gasteiger charge is -2.04. The average Bonchev–Trinajstić information content (AvgIpc) is 2.72. The van der Waals surface area contributed by atoms with E-state index in [2.05, 4.69) is 5.32 Å². The van der Waals surface area contributed by atoms with E-state index in [9.17, 15) is 4.79 Å². The van der Waals surface area contributed by atoms with Crippen molar-refractivity contribution >= 4 is 5.91 Å². The molecular weight excluding hydrogens is 192 g/mol. The summed E-state index contributed by atoms with van der Waals surface area (Å²) in [5.74, 6) is -0.0739. The number of rotatable bonds is 3. The van der Waals surface area contributed by atoms with Crippen LogP contribution in [-0.2, 0) is 18.0 Å². The summed E-state index contributed by atoms with van der Waals surface area (Å²) in [6.07, 6.45) is 0. The van der Waals surface area contributed by atoms with Crippen LogP contribution in [0.4, 0.5) is 0 Å². The minimum atomic E-state index is -0.0739.